The number of hydrogen-bond donors (Lipinski definition) is 0. The molecule has 0 amide bonds. The molecule has 0 saturated heterocycles. The summed E-state index contributed by atoms with van der Waals surface area (Å²) in [6.07, 6.45) is 6.89. The first-order chi connectivity index (χ1) is 8.07. The highest BCUT2D eigenvalue weighted by atomic mass is 28.3. The zero-order valence-electron chi connectivity index (χ0n) is 12.8. The Morgan fingerprint density at radius 1 is 1.22 bits per heavy atom. The third-order valence-corrected chi connectivity index (χ3v) is 7.50. The third-order valence-electron chi connectivity index (χ3n) is 3.44. The minimum Gasteiger partial charge on any atom is -0.396 e. The molecule has 2 atom stereocenters. The van der Waals surface area contributed by atoms with E-state index < -0.39 is 16.3 Å². The molecule has 0 N–H and O–H groups in total. The molecule has 0 fully saturated rings. The molecule has 1 aliphatic rings. The van der Waals surface area contributed by atoms with Gasteiger partial charge >= 0.3 is 0 Å². The van der Waals surface area contributed by atoms with Gasteiger partial charge in [0, 0.05) is 0 Å². The van der Waals surface area contributed by atoms with Crippen LogP contribution in [0.25, 0.3) is 0 Å². The Bertz CT molecular complexity index is 405. The molecule has 0 aromatic heterocycles. The zero-order chi connectivity index (χ0) is 14.1. The van der Waals surface area contributed by atoms with Gasteiger partial charge in [0.1, 0.15) is 8.24 Å². The lowest BCUT2D eigenvalue weighted by atomic mass is 10.0. The Kier molecular flexibility index (Phi) is 4.29. The van der Waals surface area contributed by atoms with Gasteiger partial charge in [0.05, 0.1) is 26.1 Å². The van der Waals surface area contributed by atoms with Gasteiger partial charge in [-0.2, -0.15) is 5.26 Å². The van der Waals surface area contributed by atoms with Crippen molar-refractivity contribution < 1.29 is 0 Å². The maximum atomic E-state index is 9.26. The van der Waals surface area contributed by atoms with Crippen LogP contribution < -0.4 is 0 Å². The Labute approximate surface area is 114 Å². The van der Waals surface area contributed by atoms with E-state index in [1.807, 2.05) is 6.92 Å². The van der Waals surface area contributed by atoms with E-state index in [1.54, 1.807) is 0 Å². The molecule has 0 aromatic rings. The molecule has 100 valence electrons. The summed E-state index contributed by atoms with van der Waals surface area (Å²) < 4.78 is 2.45. The van der Waals surface area contributed by atoms with E-state index in [9.17, 15) is 5.26 Å². The minimum atomic E-state index is -1.42. The first kappa shape index (κ1) is 15.3. The van der Waals surface area contributed by atoms with Gasteiger partial charge in [-0.1, -0.05) is 50.6 Å². The monoisotopic (exact) mass is 278 g/mol. The Morgan fingerprint density at radius 3 is 2.17 bits per heavy atom. The molecule has 4 heteroatoms. The Balaban J connectivity index is 3.14. The molecule has 0 spiro atoms. The highest BCUT2D eigenvalue weighted by Crippen LogP contribution is 2.29. The van der Waals surface area contributed by atoms with Crippen LogP contribution in [0, 0.1) is 17.2 Å². The summed E-state index contributed by atoms with van der Waals surface area (Å²) in [7, 11) is -2.71. The van der Waals surface area contributed by atoms with Gasteiger partial charge in [0.2, 0.25) is 0 Å². The van der Waals surface area contributed by atoms with Crippen LogP contribution in [-0.2, 0) is 0 Å². The Morgan fingerprint density at radius 2 is 1.78 bits per heavy atom. The smallest absolute Gasteiger partial charge is 0.147 e. The standard InChI is InChI=1S/C14H26N2Si2/c1-12(11-15)14-10-13(17(2,3)4)8-9-16(14)18(5,6)7/h8-10,12,14H,1-7H3. The molecule has 0 aliphatic carbocycles. The molecule has 2 nitrogen and oxygen atoms in total. The second kappa shape index (κ2) is 5.06. The third kappa shape index (κ3) is 3.36. The van der Waals surface area contributed by atoms with Gasteiger partial charge in [-0.15, -0.1) is 0 Å². The zero-order valence-corrected chi connectivity index (χ0v) is 14.8. The first-order valence-electron chi connectivity index (χ1n) is 6.66. The molecule has 0 radical (unpaired) electrons. The van der Waals surface area contributed by atoms with Crippen molar-refractivity contribution in [2.45, 2.75) is 52.2 Å². The van der Waals surface area contributed by atoms with Gasteiger partial charge < -0.3 is 4.57 Å². The van der Waals surface area contributed by atoms with Crippen molar-refractivity contribution in [2.75, 3.05) is 0 Å². The van der Waals surface area contributed by atoms with E-state index in [-0.39, 0.29) is 12.0 Å². The molecule has 0 saturated carbocycles. The van der Waals surface area contributed by atoms with Crippen molar-refractivity contribution in [3.05, 3.63) is 23.5 Å². The summed E-state index contributed by atoms with van der Waals surface area (Å²) in [5.74, 6) is 0.0491. The van der Waals surface area contributed by atoms with Crippen molar-refractivity contribution in [3.8, 4) is 6.07 Å². The molecule has 1 rings (SSSR count). The maximum Gasteiger partial charge on any atom is 0.147 e. The van der Waals surface area contributed by atoms with Crippen molar-refractivity contribution in [1.82, 2.24) is 4.57 Å². The summed E-state index contributed by atoms with van der Waals surface area (Å²) in [6.45, 7) is 16.1. The average Bonchev–Trinajstić information content (AvgIpc) is 2.24. The molecule has 1 aliphatic heterocycles. The Hall–Kier alpha value is -0.796. The van der Waals surface area contributed by atoms with E-state index in [1.165, 1.54) is 5.20 Å². The minimum absolute atomic E-state index is 0.0491. The van der Waals surface area contributed by atoms with Gasteiger partial charge in [-0.25, -0.2) is 0 Å². The summed E-state index contributed by atoms with van der Waals surface area (Å²) in [4.78, 5) is 0. The fraction of sp³-hybridized carbons (Fsp3) is 0.643. The summed E-state index contributed by atoms with van der Waals surface area (Å²) >= 11 is 0. The molecular weight excluding hydrogens is 252 g/mol. The van der Waals surface area contributed by atoms with Crippen LogP contribution >= 0.6 is 0 Å². The summed E-state index contributed by atoms with van der Waals surface area (Å²) in [5, 5.41) is 10.7. The molecular formula is C14H26N2Si2. The second-order valence-corrected chi connectivity index (χ2v) is 17.1. The highest BCUT2D eigenvalue weighted by molar-refractivity contribution is 6.83. The molecule has 1 heterocycles. The average molecular weight is 279 g/mol. The van der Waals surface area contributed by atoms with Crippen LogP contribution in [0.3, 0.4) is 0 Å². The van der Waals surface area contributed by atoms with E-state index in [0.717, 1.165) is 0 Å². The molecule has 0 bridgehead atoms. The fourth-order valence-electron chi connectivity index (χ4n) is 2.21. The largest absolute Gasteiger partial charge is 0.396 e. The van der Waals surface area contributed by atoms with Crippen molar-refractivity contribution in [2.24, 2.45) is 5.92 Å². The van der Waals surface area contributed by atoms with E-state index in [4.69, 9.17) is 0 Å². The first-order valence-corrected chi connectivity index (χ1v) is 13.6. The number of rotatable bonds is 3. The summed E-state index contributed by atoms with van der Waals surface area (Å²) in [5.41, 5.74) is 0. The van der Waals surface area contributed by atoms with Crippen LogP contribution in [0.15, 0.2) is 23.5 Å². The van der Waals surface area contributed by atoms with Gasteiger partial charge in [-0.3, -0.25) is 0 Å². The SMILES string of the molecule is CC(C#N)C1C=C([Si](C)(C)C)C=CN1[Si](C)(C)C. The van der Waals surface area contributed by atoms with E-state index in [0.29, 0.717) is 0 Å². The molecule has 2 unspecified atom stereocenters. The number of allylic oxidation sites excluding steroid dienone is 2. The van der Waals surface area contributed by atoms with Crippen LogP contribution in [0.1, 0.15) is 6.92 Å². The lowest BCUT2D eigenvalue weighted by Gasteiger charge is -2.43. The number of hydrogen-bond acceptors (Lipinski definition) is 2. The number of nitriles is 1. The van der Waals surface area contributed by atoms with Gasteiger partial charge in [0.25, 0.3) is 0 Å². The fourth-order valence-corrected chi connectivity index (χ4v) is 5.17. The van der Waals surface area contributed by atoms with Crippen molar-refractivity contribution >= 4 is 16.3 Å². The predicted molar refractivity (Wildman–Crippen MR) is 84.3 cm³/mol. The van der Waals surface area contributed by atoms with E-state index >= 15 is 0 Å². The van der Waals surface area contributed by atoms with Crippen molar-refractivity contribution in [1.29, 1.82) is 5.26 Å². The topological polar surface area (TPSA) is 27.0 Å². The summed E-state index contributed by atoms with van der Waals surface area (Å²) in [6, 6.07) is 2.68. The second-order valence-electron chi connectivity index (χ2n) is 7.17. The number of nitrogens with zero attached hydrogens (tertiary/aromatic N) is 2. The van der Waals surface area contributed by atoms with Crippen LogP contribution in [0.4, 0.5) is 0 Å². The van der Waals surface area contributed by atoms with Crippen LogP contribution in [-0.4, -0.2) is 26.9 Å². The highest BCUT2D eigenvalue weighted by Gasteiger charge is 2.34. The molecule has 18 heavy (non-hydrogen) atoms. The van der Waals surface area contributed by atoms with Crippen molar-refractivity contribution in [3.63, 3.8) is 0 Å². The van der Waals surface area contributed by atoms with Crippen LogP contribution in [0.2, 0.25) is 39.3 Å². The van der Waals surface area contributed by atoms with Gasteiger partial charge in [-0.05, 0) is 19.2 Å². The lowest BCUT2D eigenvalue weighted by Crippen LogP contribution is -2.51. The van der Waals surface area contributed by atoms with Crippen LogP contribution in [0.5, 0.6) is 0 Å². The maximum absolute atomic E-state index is 9.26. The predicted octanol–water partition coefficient (Wildman–Crippen LogP) is 3.98. The quantitative estimate of drug-likeness (QED) is 0.730. The lowest BCUT2D eigenvalue weighted by molar-refractivity contribution is 0.400. The normalized spacial score (nSPS) is 22.4. The molecule has 0 aromatic carbocycles. The van der Waals surface area contributed by atoms with Gasteiger partial charge in [0.15, 0.2) is 0 Å². The van der Waals surface area contributed by atoms with E-state index in [2.05, 4.69) is 68.3 Å².